The zero-order chi connectivity index (χ0) is 11.6. The third-order valence-corrected chi connectivity index (χ3v) is 4.81. The molecule has 2 heteroatoms. The Morgan fingerprint density at radius 3 is 2.62 bits per heavy atom. The first-order chi connectivity index (χ1) is 7.62. The second-order valence-electron chi connectivity index (χ2n) is 6.33. The Hall–Kier alpha value is -0.0800. The Morgan fingerprint density at radius 1 is 1.25 bits per heavy atom. The molecule has 1 aliphatic heterocycles. The number of hydrogen-bond acceptors (Lipinski definition) is 2. The fourth-order valence-electron chi connectivity index (χ4n) is 2.91. The summed E-state index contributed by atoms with van der Waals surface area (Å²) in [6.45, 7) is 8.59. The van der Waals surface area contributed by atoms with Gasteiger partial charge in [0, 0.05) is 12.6 Å². The van der Waals surface area contributed by atoms with Gasteiger partial charge in [0.25, 0.3) is 0 Å². The molecule has 0 spiro atoms. The van der Waals surface area contributed by atoms with Crippen LogP contribution in [-0.4, -0.2) is 37.6 Å². The molecule has 0 bridgehead atoms. The van der Waals surface area contributed by atoms with Crippen LogP contribution < -0.4 is 5.32 Å². The molecule has 0 radical (unpaired) electrons. The first-order valence-corrected chi connectivity index (χ1v) is 7.04. The SMILES string of the molecule is CC(C)C1(CNC2CCCN(C)CC2)CC1. The summed E-state index contributed by atoms with van der Waals surface area (Å²) >= 11 is 0. The lowest BCUT2D eigenvalue weighted by Crippen LogP contribution is -2.36. The maximum absolute atomic E-state index is 3.84. The molecule has 0 aromatic heterocycles. The van der Waals surface area contributed by atoms with Gasteiger partial charge in [0.1, 0.15) is 0 Å². The fourth-order valence-corrected chi connectivity index (χ4v) is 2.91. The Labute approximate surface area is 101 Å². The van der Waals surface area contributed by atoms with E-state index in [-0.39, 0.29) is 0 Å². The Kier molecular flexibility index (Phi) is 3.91. The van der Waals surface area contributed by atoms with E-state index in [0.717, 1.165) is 12.0 Å². The fraction of sp³-hybridized carbons (Fsp3) is 1.00. The summed E-state index contributed by atoms with van der Waals surface area (Å²) in [6.07, 6.45) is 6.97. The van der Waals surface area contributed by atoms with Gasteiger partial charge in [0.05, 0.1) is 0 Å². The monoisotopic (exact) mass is 224 g/mol. The summed E-state index contributed by atoms with van der Waals surface area (Å²) in [5.41, 5.74) is 0.665. The van der Waals surface area contributed by atoms with E-state index >= 15 is 0 Å². The predicted octanol–water partition coefficient (Wildman–Crippen LogP) is 2.50. The van der Waals surface area contributed by atoms with E-state index in [4.69, 9.17) is 0 Å². The minimum atomic E-state index is 0.665. The summed E-state index contributed by atoms with van der Waals surface area (Å²) in [4.78, 5) is 2.47. The second-order valence-corrected chi connectivity index (χ2v) is 6.33. The van der Waals surface area contributed by atoms with Crippen LogP contribution in [0.4, 0.5) is 0 Å². The van der Waals surface area contributed by atoms with Gasteiger partial charge in [-0.25, -0.2) is 0 Å². The van der Waals surface area contributed by atoms with E-state index in [2.05, 4.69) is 31.1 Å². The van der Waals surface area contributed by atoms with Crippen LogP contribution in [0.25, 0.3) is 0 Å². The highest BCUT2D eigenvalue weighted by Gasteiger charge is 2.45. The lowest BCUT2D eigenvalue weighted by molar-refractivity contribution is 0.305. The molecule has 1 atom stereocenters. The minimum absolute atomic E-state index is 0.665. The number of nitrogens with one attached hydrogen (secondary N) is 1. The van der Waals surface area contributed by atoms with Crippen molar-refractivity contribution >= 4 is 0 Å². The Morgan fingerprint density at radius 2 is 2.00 bits per heavy atom. The first-order valence-electron chi connectivity index (χ1n) is 7.04. The Balaban J connectivity index is 1.73. The van der Waals surface area contributed by atoms with Gasteiger partial charge < -0.3 is 10.2 Å². The van der Waals surface area contributed by atoms with Crippen LogP contribution in [0.5, 0.6) is 0 Å². The average molecular weight is 224 g/mol. The minimum Gasteiger partial charge on any atom is -0.313 e. The van der Waals surface area contributed by atoms with Crippen LogP contribution in [0.15, 0.2) is 0 Å². The predicted molar refractivity (Wildman–Crippen MR) is 69.6 cm³/mol. The van der Waals surface area contributed by atoms with E-state index in [0.29, 0.717) is 5.41 Å². The van der Waals surface area contributed by atoms with Gasteiger partial charge in [-0.2, -0.15) is 0 Å². The molecular weight excluding hydrogens is 196 g/mol. The number of rotatable bonds is 4. The molecule has 2 rings (SSSR count). The van der Waals surface area contributed by atoms with Crippen LogP contribution in [0.3, 0.4) is 0 Å². The van der Waals surface area contributed by atoms with Crippen molar-refractivity contribution in [1.29, 1.82) is 0 Å². The molecule has 1 aliphatic carbocycles. The van der Waals surface area contributed by atoms with Gasteiger partial charge >= 0.3 is 0 Å². The zero-order valence-corrected chi connectivity index (χ0v) is 11.3. The quantitative estimate of drug-likeness (QED) is 0.789. The van der Waals surface area contributed by atoms with Crippen molar-refractivity contribution in [3.8, 4) is 0 Å². The summed E-state index contributed by atoms with van der Waals surface area (Å²) in [5, 5.41) is 3.84. The van der Waals surface area contributed by atoms with Gasteiger partial charge in [-0.1, -0.05) is 13.8 Å². The third-order valence-electron chi connectivity index (χ3n) is 4.81. The van der Waals surface area contributed by atoms with Crippen molar-refractivity contribution in [2.45, 2.75) is 52.0 Å². The van der Waals surface area contributed by atoms with Crippen LogP contribution in [-0.2, 0) is 0 Å². The highest BCUT2D eigenvalue weighted by atomic mass is 15.1. The van der Waals surface area contributed by atoms with Crippen LogP contribution in [0, 0.1) is 11.3 Å². The molecule has 1 saturated heterocycles. The smallest absolute Gasteiger partial charge is 0.00799 e. The molecule has 0 aromatic carbocycles. The molecular formula is C14H28N2. The van der Waals surface area contributed by atoms with E-state index in [1.165, 1.54) is 51.7 Å². The maximum Gasteiger partial charge on any atom is 0.00799 e. The molecule has 2 fully saturated rings. The molecule has 2 nitrogen and oxygen atoms in total. The molecule has 1 saturated carbocycles. The standard InChI is InChI=1S/C14H28N2/c1-12(2)14(7-8-14)11-15-13-5-4-9-16(3)10-6-13/h12-13,15H,4-11H2,1-3H3. The number of likely N-dealkylation sites (tertiary alicyclic amines) is 1. The van der Waals surface area contributed by atoms with Crippen molar-refractivity contribution in [3.05, 3.63) is 0 Å². The van der Waals surface area contributed by atoms with E-state index in [9.17, 15) is 0 Å². The third kappa shape index (κ3) is 2.98. The van der Waals surface area contributed by atoms with Gasteiger partial charge in [-0.15, -0.1) is 0 Å². The molecule has 16 heavy (non-hydrogen) atoms. The van der Waals surface area contributed by atoms with Gasteiger partial charge in [-0.3, -0.25) is 0 Å². The molecule has 0 aromatic rings. The van der Waals surface area contributed by atoms with Crippen molar-refractivity contribution in [2.24, 2.45) is 11.3 Å². The van der Waals surface area contributed by atoms with E-state index in [1.54, 1.807) is 0 Å². The van der Waals surface area contributed by atoms with Crippen LogP contribution >= 0.6 is 0 Å². The lowest BCUT2D eigenvalue weighted by Gasteiger charge is -2.24. The molecule has 94 valence electrons. The number of nitrogens with zero attached hydrogens (tertiary/aromatic N) is 1. The first kappa shape index (κ1) is 12.4. The molecule has 1 heterocycles. The van der Waals surface area contributed by atoms with E-state index in [1.807, 2.05) is 0 Å². The molecule has 1 unspecified atom stereocenters. The highest BCUT2D eigenvalue weighted by molar-refractivity contribution is 4.97. The normalized spacial score (nSPS) is 30.4. The van der Waals surface area contributed by atoms with Gasteiger partial charge in [0.2, 0.25) is 0 Å². The molecule has 1 N–H and O–H groups in total. The van der Waals surface area contributed by atoms with Gasteiger partial charge in [0.15, 0.2) is 0 Å². The summed E-state index contributed by atoms with van der Waals surface area (Å²) in [5.74, 6) is 0.855. The van der Waals surface area contributed by atoms with Gasteiger partial charge in [-0.05, 0) is 63.6 Å². The summed E-state index contributed by atoms with van der Waals surface area (Å²) in [7, 11) is 2.25. The molecule has 0 amide bonds. The second kappa shape index (κ2) is 5.05. The van der Waals surface area contributed by atoms with E-state index < -0.39 is 0 Å². The van der Waals surface area contributed by atoms with Crippen molar-refractivity contribution in [1.82, 2.24) is 10.2 Å². The summed E-state index contributed by atoms with van der Waals surface area (Å²) in [6, 6.07) is 0.779. The van der Waals surface area contributed by atoms with Crippen molar-refractivity contribution in [3.63, 3.8) is 0 Å². The van der Waals surface area contributed by atoms with Crippen LogP contribution in [0.1, 0.15) is 46.0 Å². The van der Waals surface area contributed by atoms with Crippen molar-refractivity contribution in [2.75, 3.05) is 26.7 Å². The largest absolute Gasteiger partial charge is 0.313 e. The lowest BCUT2D eigenvalue weighted by atomic mass is 9.92. The Bertz CT molecular complexity index is 221. The van der Waals surface area contributed by atoms with Crippen molar-refractivity contribution < 1.29 is 0 Å². The van der Waals surface area contributed by atoms with Crippen LogP contribution in [0.2, 0.25) is 0 Å². The molecule has 2 aliphatic rings. The highest BCUT2D eigenvalue weighted by Crippen LogP contribution is 2.51. The summed E-state index contributed by atoms with van der Waals surface area (Å²) < 4.78 is 0. The maximum atomic E-state index is 3.84. The average Bonchev–Trinajstić information content (AvgIpc) is 3.01. The zero-order valence-electron chi connectivity index (χ0n) is 11.3. The number of hydrogen-bond donors (Lipinski definition) is 1. The topological polar surface area (TPSA) is 15.3 Å².